The highest BCUT2D eigenvalue weighted by molar-refractivity contribution is 6.12. The van der Waals surface area contributed by atoms with Crippen molar-refractivity contribution in [1.29, 1.82) is 0 Å². The summed E-state index contributed by atoms with van der Waals surface area (Å²) in [5.41, 5.74) is 1.42. The van der Waals surface area contributed by atoms with E-state index >= 15 is 0 Å². The fourth-order valence-electron chi connectivity index (χ4n) is 4.07. The molecule has 3 amide bonds. The van der Waals surface area contributed by atoms with Gasteiger partial charge in [0.2, 0.25) is 5.91 Å². The third-order valence-corrected chi connectivity index (χ3v) is 5.91. The fraction of sp³-hybridized carbons (Fsp3) is 0.222. The van der Waals surface area contributed by atoms with Crippen molar-refractivity contribution in [3.05, 3.63) is 89.7 Å². The van der Waals surface area contributed by atoms with Crippen molar-refractivity contribution < 1.29 is 18.8 Å². The first-order chi connectivity index (χ1) is 16.5. The van der Waals surface area contributed by atoms with Gasteiger partial charge in [0, 0.05) is 17.2 Å². The largest absolute Gasteiger partial charge is 0.323 e. The van der Waals surface area contributed by atoms with Gasteiger partial charge < -0.3 is 16.0 Å². The topological polar surface area (TPSA) is 87.3 Å². The van der Waals surface area contributed by atoms with Crippen LogP contribution in [0.3, 0.4) is 0 Å². The molecule has 3 N–H and O–H groups in total. The van der Waals surface area contributed by atoms with Crippen LogP contribution in [0.4, 0.5) is 21.5 Å². The maximum Gasteiger partial charge on any atom is 0.257 e. The second-order valence-corrected chi connectivity index (χ2v) is 8.34. The van der Waals surface area contributed by atoms with Gasteiger partial charge in [0.05, 0.1) is 16.9 Å². The normalized spacial score (nSPS) is 13.7. The van der Waals surface area contributed by atoms with E-state index in [1.807, 2.05) is 6.07 Å². The Kier molecular flexibility index (Phi) is 7.32. The van der Waals surface area contributed by atoms with E-state index in [1.54, 1.807) is 48.5 Å². The molecule has 0 aromatic heterocycles. The highest BCUT2D eigenvalue weighted by Crippen LogP contribution is 2.27. The maximum atomic E-state index is 14.4. The van der Waals surface area contributed by atoms with E-state index in [0.29, 0.717) is 16.9 Å². The molecule has 1 aliphatic carbocycles. The zero-order valence-corrected chi connectivity index (χ0v) is 18.6. The molecule has 0 unspecified atom stereocenters. The lowest BCUT2D eigenvalue weighted by molar-refractivity contribution is -0.120. The van der Waals surface area contributed by atoms with Crippen molar-refractivity contribution in [3.63, 3.8) is 0 Å². The average Bonchev–Trinajstić information content (AvgIpc) is 2.87. The van der Waals surface area contributed by atoms with Crippen LogP contribution in [0.5, 0.6) is 0 Å². The summed E-state index contributed by atoms with van der Waals surface area (Å²) in [4.78, 5) is 38.0. The van der Waals surface area contributed by atoms with Crippen LogP contribution in [0.25, 0.3) is 0 Å². The molecule has 0 atom stereocenters. The van der Waals surface area contributed by atoms with E-state index in [-0.39, 0.29) is 29.0 Å². The van der Waals surface area contributed by atoms with E-state index < -0.39 is 11.7 Å². The molecule has 1 saturated carbocycles. The first-order valence-electron chi connectivity index (χ1n) is 11.4. The lowest BCUT2D eigenvalue weighted by atomic mass is 9.88. The van der Waals surface area contributed by atoms with E-state index in [0.717, 1.165) is 32.1 Å². The van der Waals surface area contributed by atoms with Gasteiger partial charge in [-0.1, -0.05) is 49.6 Å². The van der Waals surface area contributed by atoms with Crippen molar-refractivity contribution in [1.82, 2.24) is 0 Å². The summed E-state index contributed by atoms with van der Waals surface area (Å²) in [5, 5.41) is 8.15. The predicted octanol–water partition coefficient (Wildman–Crippen LogP) is 5.85. The van der Waals surface area contributed by atoms with Gasteiger partial charge in [0.15, 0.2) is 0 Å². The van der Waals surface area contributed by atoms with E-state index in [2.05, 4.69) is 16.0 Å². The van der Waals surface area contributed by atoms with Crippen LogP contribution in [0.1, 0.15) is 52.8 Å². The van der Waals surface area contributed by atoms with Crippen molar-refractivity contribution in [2.45, 2.75) is 32.1 Å². The van der Waals surface area contributed by atoms with Gasteiger partial charge in [-0.15, -0.1) is 0 Å². The van der Waals surface area contributed by atoms with Gasteiger partial charge in [-0.05, 0) is 55.3 Å². The number of rotatable bonds is 6. The van der Waals surface area contributed by atoms with E-state index in [1.165, 1.54) is 18.2 Å². The van der Waals surface area contributed by atoms with Crippen LogP contribution < -0.4 is 16.0 Å². The minimum Gasteiger partial charge on any atom is -0.323 e. The van der Waals surface area contributed by atoms with E-state index in [9.17, 15) is 18.8 Å². The highest BCUT2D eigenvalue weighted by Gasteiger charge is 2.22. The molecule has 4 rings (SSSR count). The van der Waals surface area contributed by atoms with Crippen molar-refractivity contribution in [3.8, 4) is 0 Å². The lowest BCUT2D eigenvalue weighted by Gasteiger charge is -2.21. The molecule has 3 aromatic rings. The SMILES string of the molecule is O=C(Nc1ccccc1C(=O)Nc1ccc(F)c(NC(=O)C2CCCCC2)c1)c1ccccc1. The number of halogens is 1. The second-order valence-electron chi connectivity index (χ2n) is 8.34. The Morgan fingerprint density at radius 2 is 1.41 bits per heavy atom. The van der Waals surface area contributed by atoms with Crippen molar-refractivity contribution in [2.75, 3.05) is 16.0 Å². The Labute approximate surface area is 197 Å². The summed E-state index contributed by atoms with van der Waals surface area (Å²) in [6.45, 7) is 0. The second kappa shape index (κ2) is 10.7. The summed E-state index contributed by atoms with van der Waals surface area (Å²) in [5.74, 6) is -1.70. The first-order valence-corrected chi connectivity index (χ1v) is 11.4. The molecular formula is C27H26FN3O3. The molecule has 7 heteroatoms. The summed E-state index contributed by atoms with van der Waals surface area (Å²) in [6.07, 6.45) is 4.71. The van der Waals surface area contributed by atoms with Crippen LogP contribution >= 0.6 is 0 Å². The van der Waals surface area contributed by atoms with Gasteiger partial charge in [0.1, 0.15) is 5.82 Å². The molecule has 1 aliphatic rings. The minimum atomic E-state index is -0.572. The smallest absolute Gasteiger partial charge is 0.257 e. The molecule has 0 spiro atoms. The summed E-state index contributed by atoms with van der Waals surface area (Å²) in [6, 6.07) is 19.3. The molecule has 174 valence electrons. The number of nitrogens with one attached hydrogen (secondary N) is 3. The Balaban J connectivity index is 1.47. The van der Waals surface area contributed by atoms with E-state index in [4.69, 9.17) is 0 Å². The summed E-state index contributed by atoms with van der Waals surface area (Å²) in [7, 11) is 0. The molecule has 0 saturated heterocycles. The number of para-hydroxylation sites is 1. The Bertz CT molecular complexity index is 1190. The Morgan fingerprint density at radius 3 is 2.18 bits per heavy atom. The highest BCUT2D eigenvalue weighted by atomic mass is 19.1. The van der Waals surface area contributed by atoms with Crippen LogP contribution in [0, 0.1) is 11.7 Å². The number of carbonyl (C=O) groups is 3. The Hall–Kier alpha value is -4.00. The van der Waals surface area contributed by atoms with Crippen LogP contribution in [0.15, 0.2) is 72.8 Å². The third-order valence-electron chi connectivity index (χ3n) is 5.91. The van der Waals surface area contributed by atoms with Crippen LogP contribution in [-0.2, 0) is 4.79 Å². The van der Waals surface area contributed by atoms with Gasteiger partial charge in [0.25, 0.3) is 11.8 Å². The fourth-order valence-corrected chi connectivity index (χ4v) is 4.07. The molecule has 0 heterocycles. The van der Waals surface area contributed by atoms with Crippen LogP contribution in [-0.4, -0.2) is 17.7 Å². The zero-order valence-electron chi connectivity index (χ0n) is 18.6. The molecule has 0 bridgehead atoms. The number of amides is 3. The number of benzene rings is 3. The monoisotopic (exact) mass is 459 g/mol. The van der Waals surface area contributed by atoms with Gasteiger partial charge in [-0.2, -0.15) is 0 Å². The molecule has 0 radical (unpaired) electrons. The first kappa shape index (κ1) is 23.2. The van der Waals surface area contributed by atoms with Gasteiger partial charge in [-0.3, -0.25) is 14.4 Å². The molecule has 1 fully saturated rings. The third kappa shape index (κ3) is 5.67. The minimum absolute atomic E-state index is 0.0269. The van der Waals surface area contributed by atoms with Gasteiger partial charge >= 0.3 is 0 Å². The molecule has 0 aliphatic heterocycles. The van der Waals surface area contributed by atoms with Crippen LogP contribution in [0.2, 0.25) is 0 Å². The standard InChI is InChI=1S/C27H26FN3O3/c28-22-16-15-20(17-24(22)31-26(33)19-11-5-2-6-12-19)29-27(34)21-13-7-8-14-23(21)30-25(32)18-9-3-1-4-10-18/h1,3-4,7-10,13-17,19H,2,5-6,11-12H2,(H,29,34)(H,30,32)(H,31,33). The number of carbonyl (C=O) groups excluding carboxylic acids is 3. The summed E-state index contributed by atoms with van der Waals surface area (Å²) >= 11 is 0. The maximum absolute atomic E-state index is 14.4. The molecule has 3 aromatic carbocycles. The van der Waals surface area contributed by atoms with Crippen molar-refractivity contribution >= 4 is 34.8 Å². The molecular weight excluding hydrogens is 433 g/mol. The number of hydrogen-bond acceptors (Lipinski definition) is 3. The van der Waals surface area contributed by atoms with Gasteiger partial charge in [-0.25, -0.2) is 4.39 Å². The number of hydrogen-bond donors (Lipinski definition) is 3. The predicted molar refractivity (Wildman–Crippen MR) is 130 cm³/mol. The molecule has 6 nitrogen and oxygen atoms in total. The van der Waals surface area contributed by atoms with Crippen molar-refractivity contribution in [2.24, 2.45) is 5.92 Å². The summed E-state index contributed by atoms with van der Waals surface area (Å²) < 4.78 is 14.4. The average molecular weight is 460 g/mol. The quantitative estimate of drug-likeness (QED) is 0.432. The molecule has 34 heavy (non-hydrogen) atoms. The zero-order chi connectivity index (χ0) is 23.9. The Morgan fingerprint density at radius 1 is 0.706 bits per heavy atom. The lowest BCUT2D eigenvalue weighted by Crippen LogP contribution is -2.25. The number of anilines is 3.